The molecule has 0 aliphatic heterocycles. The van der Waals surface area contributed by atoms with Crippen molar-refractivity contribution in [3.63, 3.8) is 0 Å². The molecular weight excluding hydrogens is 188 g/mol. The maximum absolute atomic E-state index is 10.7. The van der Waals surface area contributed by atoms with E-state index in [9.17, 15) is 4.79 Å². The van der Waals surface area contributed by atoms with Crippen LogP contribution in [0.2, 0.25) is 0 Å². The molecule has 0 atom stereocenters. The van der Waals surface area contributed by atoms with Gasteiger partial charge in [0.1, 0.15) is 0 Å². The number of carbonyl (C=O) groups excluding carboxylic acids is 1. The fourth-order valence-electron chi connectivity index (χ4n) is 0.952. The molecular formula is C10H11ClO2. The van der Waals surface area contributed by atoms with Gasteiger partial charge in [-0.1, -0.05) is 12.1 Å². The Morgan fingerprint density at radius 3 is 2.46 bits per heavy atom. The third kappa shape index (κ3) is 3.17. The molecule has 13 heavy (non-hydrogen) atoms. The number of halogens is 1. The number of carbonyl (C=O) groups is 1. The van der Waals surface area contributed by atoms with Crippen LogP contribution < -0.4 is 0 Å². The van der Waals surface area contributed by atoms with Gasteiger partial charge in [0, 0.05) is 12.2 Å². The summed E-state index contributed by atoms with van der Waals surface area (Å²) in [5, 5.41) is -0.428. The molecule has 0 spiro atoms. The van der Waals surface area contributed by atoms with Crippen LogP contribution in [-0.4, -0.2) is 11.8 Å². The highest BCUT2D eigenvalue weighted by Crippen LogP contribution is 2.07. The van der Waals surface area contributed by atoms with E-state index in [4.69, 9.17) is 16.3 Å². The van der Waals surface area contributed by atoms with Crippen molar-refractivity contribution in [2.45, 2.75) is 13.5 Å². The average Bonchev–Trinajstić information content (AvgIpc) is 2.15. The molecule has 0 saturated carbocycles. The van der Waals surface area contributed by atoms with E-state index in [0.29, 0.717) is 18.8 Å². The lowest BCUT2D eigenvalue weighted by Crippen LogP contribution is -1.93. The normalized spacial score (nSPS) is 10.0. The van der Waals surface area contributed by atoms with E-state index in [-0.39, 0.29) is 0 Å². The zero-order valence-corrected chi connectivity index (χ0v) is 8.17. The van der Waals surface area contributed by atoms with E-state index >= 15 is 0 Å². The Morgan fingerprint density at radius 2 is 2.00 bits per heavy atom. The predicted molar refractivity (Wildman–Crippen MR) is 52.0 cm³/mol. The Hall–Kier alpha value is -0.860. The third-order valence-corrected chi connectivity index (χ3v) is 1.87. The van der Waals surface area contributed by atoms with Crippen LogP contribution in [0.5, 0.6) is 0 Å². The SMILES string of the molecule is CCOCc1ccc(C(=O)Cl)cc1. The van der Waals surface area contributed by atoms with E-state index in [0.717, 1.165) is 5.56 Å². The fraction of sp³-hybridized carbons (Fsp3) is 0.300. The third-order valence-electron chi connectivity index (χ3n) is 1.65. The Balaban J connectivity index is 2.64. The molecule has 1 aromatic carbocycles. The maximum Gasteiger partial charge on any atom is 0.252 e. The second kappa shape index (κ2) is 5.00. The molecule has 0 aliphatic carbocycles. The predicted octanol–water partition coefficient (Wildman–Crippen LogP) is 2.60. The summed E-state index contributed by atoms with van der Waals surface area (Å²) in [6.07, 6.45) is 0. The van der Waals surface area contributed by atoms with Crippen molar-refractivity contribution in [3.05, 3.63) is 35.4 Å². The van der Waals surface area contributed by atoms with Crippen LogP contribution in [0, 0.1) is 0 Å². The van der Waals surface area contributed by atoms with Gasteiger partial charge < -0.3 is 4.74 Å². The molecule has 0 radical (unpaired) electrons. The summed E-state index contributed by atoms with van der Waals surface area (Å²) in [4.78, 5) is 10.7. The number of hydrogen-bond acceptors (Lipinski definition) is 2. The summed E-state index contributed by atoms with van der Waals surface area (Å²) in [5.74, 6) is 0. The van der Waals surface area contributed by atoms with Crippen molar-refractivity contribution < 1.29 is 9.53 Å². The van der Waals surface area contributed by atoms with Gasteiger partial charge in [-0.3, -0.25) is 4.79 Å². The molecule has 1 rings (SSSR count). The van der Waals surface area contributed by atoms with E-state index in [1.54, 1.807) is 12.1 Å². The van der Waals surface area contributed by atoms with E-state index in [1.807, 2.05) is 19.1 Å². The quantitative estimate of drug-likeness (QED) is 0.696. The number of rotatable bonds is 4. The Kier molecular flexibility index (Phi) is 3.93. The standard InChI is InChI=1S/C10H11ClO2/c1-2-13-7-8-3-5-9(6-4-8)10(11)12/h3-6H,2,7H2,1H3. The Labute approximate surface area is 82.5 Å². The minimum absolute atomic E-state index is 0.428. The van der Waals surface area contributed by atoms with Crippen LogP contribution in [0.1, 0.15) is 22.8 Å². The molecule has 70 valence electrons. The van der Waals surface area contributed by atoms with Crippen molar-refractivity contribution in [2.24, 2.45) is 0 Å². The lowest BCUT2D eigenvalue weighted by molar-refractivity contribution is 0.108. The Bertz CT molecular complexity index is 279. The molecule has 0 aromatic heterocycles. The molecule has 0 amide bonds. The molecule has 0 saturated heterocycles. The van der Waals surface area contributed by atoms with Gasteiger partial charge in [0.05, 0.1) is 6.61 Å². The second-order valence-corrected chi connectivity index (χ2v) is 2.95. The van der Waals surface area contributed by atoms with Gasteiger partial charge in [-0.05, 0) is 36.2 Å². The lowest BCUT2D eigenvalue weighted by Gasteiger charge is -2.01. The number of benzene rings is 1. The summed E-state index contributed by atoms with van der Waals surface area (Å²) in [6.45, 7) is 3.21. The van der Waals surface area contributed by atoms with E-state index in [2.05, 4.69) is 0 Å². The maximum atomic E-state index is 10.7. The van der Waals surface area contributed by atoms with Gasteiger partial charge in [0.2, 0.25) is 0 Å². The molecule has 3 heteroatoms. The van der Waals surface area contributed by atoms with Crippen LogP contribution in [0.3, 0.4) is 0 Å². The smallest absolute Gasteiger partial charge is 0.252 e. The van der Waals surface area contributed by atoms with Crippen LogP contribution in [0.25, 0.3) is 0 Å². The van der Waals surface area contributed by atoms with E-state index < -0.39 is 5.24 Å². The minimum atomic E-state index is -0.428. The number of ether oxygens (including phenoxy) is 1. The van der Waals surface area contributed by atoms with Gasteiger partial charge >= 0.3 is 0 Å². The highest BCUT2D eigenvalue weighted by molar-refractivity contribution is 6.67. The van der Waals surface area contributed by atoms with Crippen LogP contribution in [0.4, 0.5) is 0 Å². The van der Waals surface area contributed by atoms with Crippen LogP contribution >= 0.6 is 11.6 Å². The van der Waals surface area contributed by atoms with Crippen molar-refractivity contribution in [2.75, 3.05) is 6.61 Å². The van der Waals surface area contributed by atoms with Crippen molar-refractivity contribution in [1.82, 2.24) is 0 Å². The van der Waals surface area contributed by atoms with Gasteiger partial charge in [0.25, 0.3) is 5.24 Å². The molecule has 1 aromatic rings. The molecule has 0 fully saturated rings. The lowest BCUT2D eigenvalue weighted by atomic mass is 10.1. The first-order valence-electron chi connectivity index (χ1n) is 4.10. The Morgan fingerprint density at radius 1 is 1.38 bits per heavy atom. The van der Waals surface area contributed by atoms with E-state index in [1.165, 1.54) is 0 Å². The highest BCUT2D eigenvalue weighted by Gasteiger charge is 2.00. The molecule has 0 aliphatic rings. The highest BCUT2D eigenvalue weighted by atomic mass is 35.5. The van der Waals surface area contributed by atoms with Gasteiger partial charge in [0.15, 0.2) is 0 Å². The fourth-order valence-corrected chi connectivity index (χ4v) is 1.08. The zero-order valence-electron chi connectivity index (χ0n) is 7.42. The van der Waals surface area contributed by atoms with Gasteiger partial charge in [-0.2, -0.15) is 0 Å². The molecule has 0 N–H and O–H groups in total. The summed E-state index contributed by atoms with van der Waals surface area (Å²) in [6, 6.07) is 7.07. The largest absolute Gasteiger partial charge is 0.377 e. The minimum Gasteiger partial charge on any atom is -0.377 e. The molecule has 2 nitrogen and oxygen atoms in total. The average molecular weight is 199 g/mol. The first-order chi connectivity index (χ1) is 6.24. The topological polar surface area (TPSA) is 26.3 Å². The number of hydrogen-bond donors (Lipinski definition) is 0. The molecule has 0 unspecified atom stereocenters. The first-order valence-corrected chi connectivity index (χ1v) is 4.48. The van der Waals surface area contributed by atoms with Crippen LogP contribution in [0.15, 0.2) is 24.3 Å². The monoisotopic (exact) mass is 198 g/mol. The van der Waals surface area contributed by atoms with Crippen LogP contribution in [-0.2, 0) is 11.3 Å². The zero-order chi connectivity index (χ0) is 9.68. The van der Waals surface area contributed by atoms with Gasteiger partial charge in [-0.25, -0.2) is 0 Å². The second-order valence-electron chi connectivity index (χ2n) is 2.61. The summed E-state index contributed by atoms with van der Waals surface area (Å²) >= 11 is 5.29. The first kappa shape index (κ1) is 10.2. The summed E-state index contributed by atoms with van der Waals surface area (Å²) in [5.41, 5.74) is 1.56. The molecule has 0 bridgehead atoms. The van der Waals surface area contributed by atoms with Crippen molar-refractivity contribution >= 4 is 16.8 Å². The van der Waals surface area contributed by atoms with Gasteiger partial charge in [-0.15, -0.1) is 0 Å². The molecule has 0 heterocycles. The summed E-state index contributed by atoms with van der Waals surface area (Å²) < 4.78 is 5.20. The summed E-state index contributed by atoms with van der Waals surface area (Å²) in [7, 11) is 0. The van der Waals surface area contributed by atoms with Crippen molar-refractivity contribution in [3.8, 4) is 0 Å². The van der Waals surface area contributed by atoms with Crippen molar-refractivity contribution in [1.29, 1.82) is 0 Å².